The molecule has 2 aromatic rings. The van der Waals surface area contributed by atoms with E-state index in [1.54, 1.807) is 25.3 Å². The zero-order chi connectivity index (χ0) is 23.5. The van der Waals surface area contributed by atoms with E-state index in [2.05, 4.69) is 9.97 Å². The molecule has 0 radical (unpaired) electrons. The molecular formula is C21H27N3O6S2. The van der Waals surface area contributed by atoms with Crippen LogP contribution in [-0.2, 0) is 19.4 Å². The van der Waals surface area contributed by atoms with Crippen LogP contribution < -0.4 is 0 Å². The van der Waals surface area contributed by atoms with Crippen LogP contribution in [0.3, 0.4) is 0 Å². The first-order valence-corrected chi connectivity index (χ1v) is 13.3. The Labute approximate surface area is 191 Å². The minimum atomic E-state index is -3.15. The second kappa shape index (κ2) is 10.0. The summed E-state index contributed by atoms with van der Waals surface area (Å²) in [4.78, 5) is 35.9. The third-order valence-corrected chi connectivity index (χ3v) is 7.49. The first-order valence-electron chi connectivity index (χ1n) is 10.2. The van der Waals surface area contributed by atoms with Gasteiger partial charge >= 0.3 is 5.97 Å². The minimum absolute atomic E-state index is 0.0583. The van der Waals surface area contributed by atoms with Crippen molar-refractivity contribution in [2.24, 2.45) is 5.92 Å². The maximum atomic E-state index is 12.9. The normalized spacial score (nSPS) is 17.5. The van der Waals surface area contributed by atoms with E-state index in [-0.39, 0.29) is 23.0 Å². The quantitative estimate of drug-likeness (QED) is 0.318. The predicted octanol–water partition coefficient (Wildman–Crippen LogP) is 2.60. The number of esters is 1. The third kappa shape index (κ3) is 5.69. The fraction of sp³-hybridized carbons (Fsp3) is 0.524. The maximum absolute atomic E-state index is 12.9. The molecule has 3 heterocycles. The van der Waals surface area contributed by atoms with E-state index >= 15 is 0 Å². The fourth-order valence-electron chi connectivity index (χ4n) is 3.60. The highest BCUT2D eigenvalue weighted by atomic mass is 32.2. The molecule has 0 aliphatic carbocycles. The molecule has 1 amide bonds. The number of ether oxygens (including phenoxy) is 1. The number of aromatic nitrogens is 2. The van der Waals surface area contributed by atoms with Crippen molar-refractivity contribution in [3.8, 4) is 11.6 Å². The largest absolute Gasteiger partial charge is 0.461 e. The fourth-order valence-corrected chi connectivity index (χ4v) is 5.94. The van der Waals surface area contributed by atoms with Crippen molar-refractivity contribution < 1.29 is 27.2 Å². The Hall–Kier alpha value is -2.40. The summed E-state index contributed by atoms with van der Waals surface area (Å²) in [6.45, 7) is 5.48. The number of hydrogen-bond donors (Lipinski definition) is 0. The van der Waals surface area contributed by atoms with Crippen LogP contribution in [0.4, 0.5) is 0 Å². The number of aryl methyl sites for hydroxylation is 1. The lowest BCUT2D eigenvalue weighted by molar-refractivity contribution is -0.137. The van der Waals surface area contributed by atoms with Crippen molar-refractivity contribution in [2.45, 2.75) is 38.3 Å². The molecule has 1 fully saturated rings. The Morgan fingerprint density at radius 2 is 2.09 bits per heavy atom. The summed E-state index contributed by atoms with van der Waals surface area (Å²) in [7, 11) is -3.15. The van der Waals surface area contributed by atoms with Gasteiger partial charge in [-0.15, -0.1) is 11.8 Å². The maximum Gasteiger partial charge on any atom is 0.343 e. The van der Waals surface area contributed by atoms with Crippen molar-refractivity contribution >= 4 is 33.5 Å². The van der Waals surface area contributed by atoms with E-state index in [1.807, 2.05) is 13.8 Å². The molecule has 0 N–H and O–H groups in total. The minimum Gasteiger partial charge on any atom is -0.461 e. The Kier molecular flexibility index (Phi) is 7.60. The van der Waals surface area contributed by atoms with Crippen LogP contribution in [0.25, 0.3) is 11.6 Å². The predicted molar refractivity (Wildman–Crippen MR) is 120 cm³/mol. The molecule has 1 aliphatic heterocycles. The summed E-state index contributed by atoms with van der Waals surface area (Å²) in [6.07, 6.45) is 3.69. The van der Waals surface area contributed by atoms with Crippen LogP contribution in [-0.4, -0.2) is 72.1 Å². The molecule has 0 bridgehead atoms. The lowest BCUT2D eigenvalue weighted by Gasteiger charge is -2.29. The molecule has 1 saturated heterocycles. The monoisotopic (exact) mass is 481 g/mol. The number of hydrogen-bond acceptors (Lipinski definition) is 9. The summed E-state index contributed by atoms with van der Waals surface area (Å²) >= 11 is 1.26. The van der Waals surface area contributed by atoms with Crippen LogP contribution in [0.5, 0.6) is 0 Å². The summed E-state index contributed by atoms with van der Waals surface area (Å²) < 4.78 is 34.4. The summed E-state index contributed by atoms with van der Waals surface area (Å²) in [5.74, 6) is -0.123. The van der Waals surface area contributed by atoms with E-state index in [1.165, 1.54) is 22.9 Å². The SMILES string of the molecule is CSc1nc(-c2ccco2)nc(C)c1C(=O)OCC(=O)N(CC(C)C)C1CCS(=O)(=O)C1. The van der Waals surface area contributed by atoms with E-state index in [0.717, 1.165) is 0 Å². The number of nitrogens with zero attached hydrogens (tertiary/aromatic N) is 3. The first-order chi connectivity index (χ1) is 15.1. The average Bonchev–Trinajstić information content (AvgIpc) is 3.38. The van der Waals surface area contributed by atoms with Gasteiger partial charge in [-0.3, -0.25) is 4.79 Å². The lowest BCUT2D eigenvalue weighted by Crippen LogP contribution is -2.45. The Morgan fingerprint density at radius 1 is 1.34 bits per heavy atom. The molecule has 0 saturated carbocycles. The van der Waals surface area contributed by atoms with Gasteiger partial charge in [0.25, 0.3) is 5.91 Å². The molecule has 0 spiro atoms. The van der Waals surface area contributed by atoms with E-state index in [0.29, 0.717) is 35.3 Å². The molecule has 9 nitrogen and oxygen atoms in total. The highest BCUT2D eigenvalue weighted by Gasteiger charge is 2.35. The highest BCUT2D eigenvalue weighted by molar-refractivity contribution is 7.98. The molecule has 1 aliphatic rings. The average molecular weight is 482 g/mol. The molecule has 174 valence electrons. The molecule has 0 aromatic carbocycles. The zero-order valence-electron chi connectivity index (χ0n) is 18.5. The number of furan rings is 1. The second-order valence-corrected chi connectivity index (χ2v) is 11.1. The van der Waals surface area contributed by atoms with E-state index < -0.39 is 34.4 Å². The second-order valence-electron chi connectivity index (χ2n) is 8.07. The van der Waals surface area contributed by atoms with Gasteiger partial charge in [0.2, 0.25) is 0 Å². The van der Waals surface area contributed by atoms with Crippen molar-refractivity contribution in [3.05, 3.63) is 29.7 Å². The van der Waals surface area contributed by atoms with Gasteiger partial charge in [-0.2, -0.15) is 0 Å². The van der Waals surface area contributed by atoms with Crippen molar-refractivity contribution in [1.82, 2.24) is 14.9 Å². The first kappa shape index (κ1) is 24.2. The number of rotatable bonds is 8. The van der Waals surface area contributed by atoms with Gasteiger partial charge in [-0.1, -0.05) is 13.8 Å². The van der Waals surface area contributed by atoms with Gasteiger partial charge < -0.3 is 14.1 Å². The van der Waals surface area contributed by atoms with Crippen LogP contribution in [0, 0.1) is 12.8 Å². The van der Waals surface area contributed by atoms with E-state index in [9.17, 15) is 18.0 Å². The van der Waals surface area contributed by atoms with Crippen molar-refractivity contribution in [2.75, 3.05) is 30.9 Å². The molecule has 11 heteroatoms. The molecule has 32 heavy (non-hydrogen) atoms. The third-order valence-electron chi connectivity index (χ3n) is 5.05. The van der Waals surface area contributed by atoms with Gasteiger partial charge in [-0.05, 0) is 37.7 Å². The molecule has 2 aromatic heterocycles. The Morgan fingerprint density at radius 3 is 2.66 bits per heavy atom. The van der Waals surface area contributed by atoms with Crippen LogP contribution >= 0.6 is 11.8 Å². The van der Waals surface area contributed by atoms with Gasteiger partial charge in [0.15, 0.2) is 28.0 Å². The van der Waals surface area contributed by atoms with Gasteiger partial charge in [0.1, 0.15) is 10.6 Å². The number of carbonyl (C=O) groups excluding carboxylic acids is 2. The van der Waals surface area contributed by atoms with Crippen LogP contribution in [0.15, 0.2) is 27.8 Å². The molecule has 3 rings (SSSR count). The molecular weight excluding hydrogens is 454 g/mol. The van der Waals surface area contributed by atoms with Crippen molar-refractivity contribution in [1.29, 1.82) is 0 Å². The Balaban J connectivity index is 1.74. The topological polar surface area (TPSA) is 120 Å². The van der Waals surface area contributed by atoms with Gasteiger partial charge in [0.05, 0.1) is 23.5 Å². The van der Waals surface area contributed by atoms with E-state index in [4.69, 9.17) is 9.15 Å². The van der Waals surface area contributed by atoms with Gasteiger partial charge in [-0.25, -0.2) is 23.2 Å². The number of sulfone groups is 1. The summed E-state index contributed by atoms with van der Waals surface area (Å²) in [6, 6.07) is 3.05. The number of thioether (sulfide) groups is 1. The highest BCUT2D eigenvalue weighted by Crippen LogP contribution is 2.26. The van der Waals surface area contributed by atoms with Gasteiger partial charge in [0, 0.05) is 12.6 Å². The number of amides is 1. The molecule has 1 atom stereocenters. The van der Waals surface area contributed by atoms with Crippen molar-refractivity contribution in [3.63, 3.8) is 0 Å². The summed E-state index contributed by atoms with van der Waals surface area (Å²) in [5.41, 5.74) is 0.605. The summed E-state index contributed by atoms with van der Waals surface area (Å²) in [5, 5.41) is 0.419. The Bertz CT molecular complexity index is 1080. The smallest absolute Gasteiger partial charge is 0.343 e. The van der Waals surface area contributed by atoms with Crippen LogP contribution in [0.2, 0.25) is 0 Å². The lowest BCUT2D eigenvalue weighted by atomic mass is 10.1. The van der Waals surface area contributed by atoms with Crippen LogP contribution in [0.1, 0.15) is 36.3 Å². The zero-order valence-corrected chi connectivity index (χ0v) is 20.2. The number of carbonyl (C=O) groups is 2. The molecule has 1 unspecified atom stereocenters. The standard InChI is InChI=1S/C21H27N3O6S2/c1-13(2)10-24(15-7-9-32(27,28)12-15)17(25)11-30-21(26)18-14(3)22-19(23-20(18)31-4)16-6-5-8-29-16/h5-6,8,13,15H,7,9-12H2,1-4H3.